The number of anilines is 1. The standard InChI is InChI=1S/C15H18N6O2S2/c16-15(24)18-17-12(11-4-2-1-3-5-11)10-23-14-13(19-25-20-14)21-6-8-22-9-7-21/h1-5H,6-10H2,(H3,16,18,24)/b17-12+. The van der Waals surface area contributed by atoms with E-state index < -0.39 is 0 Å². The summed E-state index contributed by atoms with van der Waals surface area (Å²) in [6, 6.07) is 9.66. The topological polar surface area (TPSA) is 97.9 Å². The molecule has 25 heavy (non-hydrogen) atoms. The molecule has 1 aliphatic rings. The smallest absolute Gasteiger partial charge is 0.271 e. The molecule has 0 bridgehead atoms. The van der Waals surface area contributed by atoms with Crippen molar-refractivity contribution in [2.24, 2.45) is 10.8 Å². The van der Waals surface area contributed by atoms with Gasteiger partial charge in [-0.3, -0.25) is 5.43 Å². The lowest BCUT2D eigenvalue weighted by molar-refractivity contribution is 0.122. The van der Waals surface area contributed by atoms with Gasteiger partial charge in [0.15, 0.2) is 5.11 Å². The van der Waals surface area contributed by atoms with Crippen molar-refractivity contribution in [3.8, 4) is 5.88 Å². The molecule has 10 heteroatoms. The third-order valence-electron chi connectivity index (χ3n) is 3.51. The van der Waals surface area contributed by atoms with Crippen LogP contribution >= 0.6 is 23.9 Å². The Morgan fingerprint density at radius 2 is 2.08 bits per heavy atom. The van der Waals surface area contributed by atoms with Gasteiger partial charge >= 0.3 is 0 Å². The number of nitrogens with two attached hydrogens (primary N) is 1. The van der Waals surface area contributed by atoms with E-state index in [0.29, 0.717) is 24.8 Å². The second kappa shape index (κ2) is 8.70. The Morgan fingerprint density at radius 1 is 1.32 bits per heavy atom. The molecule has 132 valence electrons. The van der Waals surface area contributed by atoms with E-state index in [0.717, 1.165) is 36.2 Å². The Labute approximate surface area is 155 Å². The lowest BCUT2D eigenvalue weighted by atomic mass is 10.1. The van der Waals surface area contributed by atoms with Crippen LogP contribution in [-0.2, 0) is 4.74 Å². The Bertz CT molecular complexity index is 731. The normalized spacial score (nSPS) is 15.0. The average molecular weight is 378 g/mol. The summed E-state index contributed by atoms with van der Waals surface area (Å²) in [6.07, 6.45) is 0. The molecule has 1 saturated heterocycles. The number of hydrazone groups is 1. The maximum atomic E-state index is 5.88. The van der Waals surface area contributed by atoms with Crippen LogP contribution in [0.4, 0.5) is 5.82 Å². The van der Waals surface area contributed by atoms with Crippen molar-refractivity contribution in [3.63, 3.8) is 0 Å². The monoisotopic (exact) mass is 378 g/mol. The van der Waals surface area contributed by atoms with Gasteiger partial charge in [0.2, 0.25) is 5.82 Å². The van der Waals surface area contributed by atoms with Gasteiger partial charge in [0.25, 0.3) is 5.88 Å². The largest absolute Gasteiger partial charge is 0.468 e. The fourth-order valence-corrected chi connectivity index (χ4v) is 2.87. The molecular weight excluding hydrogens is 360 g/mol. The molecule has 1 aromatic carbocycles. The van der Waals surface area contributed by atoms with Crippen molar-refractivity contribution in [2.45, 2.75) is 0 Å². The van der Waals surface area contributed by atoms with Gasteiger partial charge in [-0.2, -0.15) is 9.47 Å². The average Bonchev–Trinajstić information content (AvgIpc) is 3.11. The zero-order valence-electron chi connectivity index (χ0n) is 13.4. The first kappa shape index (κ1) is 17.5. The molecule has 0 saturated carbocycles. The molecule has 2 aromatic rings. The number of nitrogens with zero attached hydrogens (tertiary/aromatic N) is 4. The first-order chi connectivity index (χ1) is 12.2. The van der Waals surface area contributed by atoms with Gasteiger partial charge in [-0.15, -0.1) is 4.37 Å². The van der Waals surface area contributed by atoms with Crippen molar-refractivity contribution >= 4 is 40.6 Å². The van der Waals surface area contributed by atoms with Crippen molar-refractivity contribution in [2.75, 3.05) is 37.8 Å². The summed E-state index contributed by atoms with van der Waals surface area (Å²) < 4.78 is 19.8. The van der Waals surface area contributed by atoms with Gasteiger partial charge in [0.1, 0.15) is 12.3 Å². The van der Waals surface area contributed by atoms with Gasteiger partial charge < -0.3 is 20.1 Å². The number of hydrogen-bond acceptors (Lipinski definition) is 8. The van der Waals surface area contributed by atoms with E-state index in [1.807, 2.05) is 30.3 Å². The van der Waals surface area contributed by atoms with Gasteiger partial charge in [-0.25, -0.2) is 0 Å². The summed E-state index contributed by atoms with van der Waals surface area (Å²) >= 11 is 5.94. The van der Waals surface area contributed by atoms with Crippen LogP contribution in [0.5, 0.6) is 5.88 Å². The van der Waals surface area contributed by atoms with E-state index in [1.54, 1.807) is 0 Å². The van der Waals surface area contributed by atoms with Gasteiger partial charge in [0, 0.05) is 18.7 Å². The number of ether oxygens (including phenoxy) is 2. The molecule has 0 amide bonds. The summed E-state index contributed by atoms with van der Waals surface area (Å²) in [4.78, 5) is 2.11. The minimum Gasteiger partial charge on any atom is -0.468 e. The predicted molar refractivity (Wildman–Crippen MR) is 101 cm³/mol. The second-order valence-corrected chi connectivity index (χ2v) is 6.15. The molecule has 1 fully saturated rings. The summed E-state index contributed by atoms with van der Waals surface area (Å²) in [5.74, 6) is 1.23. The van der Waals surface area contributed by atoms with E-state index in [-0.39, 0.29) is 11.7 Å². The summed E-state index contributed by atoms with van der Waals surface area (Å²) in [6.45, 7) is 3.09. The van der Waals surface area contributed by atoms with E-state index in [9.17, 15) is 0 Å². The van der Waals surface area contributed by atoms with Crippen molar-refractivity contribution in [3.05, 3.63) is 35.9 Å². The van der Waals surface area contributed by atoms with Gasteiger partial charge in [0.05, 0.1) is 24.9 Å². The fourth-order valence-electron chi connectivity index (χ4n) is 2.31. The minimum atomic E-state index is 0.0951. The first-order valence-corrected chi connectivity index (χ1v) is 8.83. The number of benzene rings is 1. The Hall–Kier alpha value is -2.30. The Kier molecular flexibility index (Phi) is 6.09. The van der Waals surface area contributed by atoms with Crippen LogP contribution in [0.3, 0.4) is 0 Å². The fraction of sp³-hybridized carbons (Fsp3) is 0.333. The highest BCUT2D eigenvalue weighted by molar-refractivity contribution is 7.80. The zero-order valence-corrected chi connectivity index (χ0v) is 15.1. The highest BCUT2D eigenvalue weighted by Gasteiger charge is 2.20. The van der Waals surface area contributed by atoms with Crippen LogP contribution in [0.15, 0.2) is 35.4 Å². The van der Waals surface area contributed by atoms with Crippen LogP contribution in [0, 0.1) is 0 Å². The van der Waals surface area contributed by atoms with Gasteiger partial charge in [-0.05, 0) is 12.2 Å². The molecule has 1 aliphatic heterocycles. The summed E-state index contributed by atoms with van der Waals surface area (Å²) in [5, 5.41) is 4.33. The molecule has 0 aliphatic carbocycles. The molecule has 8 nitrogen and oxygen atoms in total. The number of morpholine rings is 1. The first-order valence-electron chi connectivity index (χ1n) is 7.69. The van der Waals surface area contributed by atoms with E-state index >= 15 is 0 Å². The molecule has 0 spiro atoms. The third-order valence-corrected chi connectivity index (χ3v) is 4.10. The van der Waals surface area contributed by atoms with Crippen molar-refractivity contribution in [1.29, 1.82) is 0 Å². The molecule has 3 N–H and O–H groups in total. The third kappa shape index (κ3) is 4.84. The van der Waals surface area contributed by atoms with Crippen LogP contribution in [0.2, 0.25) is 0 Å². The number of nitrogens with one attached hydrogen (secondary N) is 1. The van der Waals surface area contributed by atoms with Crippen molar-refractivity contribution < 1.29 is 9.47 Å². The predicted octanol–water partition coefficient (Wildman–Crippen LogP) is 0.991. The molecule has 0 unspecified atom stereocenters. The quantitative estimate of drug-likeness (QED) is 0.436. The minimum absolute atomic E-state index is 0.0951. The summed E-state index contributed by atoms with van der Waals surface area (Å²) in [5.41, 5.74) is 9.64. The highest BCUT2D eigenvalue weighted by Crippen LogP contribution is 2.26. The molecule has 3 rings (SSSR count). The molecule has 2 heterocycles. The van der Waals surface area contributed by atoms with E-state index in [4.69, 9.17) is 27.4 Å². The second-order valence-electron chi connectivity index (χ2n) is 5.18. The molecule has 0 radical (unpaired) electrons. The Morgan fingerprint density at radius 3 is 2.80 bits per heavy atom. The maximum absolute atomic E-state index is 5.88. The van der Waals surface area contributed by atoms with Gasteiger partial charge in [-0.1, -0.05) is 30.3 Å². The lowest BCUT2D eigenvalue weighted by Gasteiger charge is -2.26. The molecular formula is C15H18N6O2S2. The van der Waals surface area contributed by atoms with E-state index in [1.165, 1.54) is 0 Å². The van der Waals surface area contributed by atoms with Crippen LogP contribution in [0.1, 0.15) is 5.56 Å². The van der Waals surface area contributed by atoms with Crippen LogP contribution in [-0.4, -0.2) is 52.5 Å². The van der Waals surface area contributed by atoms with Crippen molar-refractivity contribution in [1.82, 2.24) is 14.2 Å². The zero-order chi connectivity index (χ0) is 17.5. The maximum Gasteiger partial charge on any atom is 0.271 e. The number of hydrogen-bond donors (Lipinski definition) is 2. The number of aromatic nitrogens is 2. The van der Waals surface area contributed by atoms with E-state index in [2.05, 4.69) is 24.2 Å². The molecule has 0 atom stereocenters. The number of thiocarbonyl (C=S) groups is 1. The summed E-state index contributed by atoms with van der Waals surface area (Å²) in [7, 11) is 0. The number of rotatable bonds is 6. The molecule has 1 aromatic heterocycles. The highest BCUT2D eigenvalue weighted by atomic mass is 32.1. The Balaban J connectivity index is 1.72. The SMILES string of the molecule is NC(=S)N/N=C(\COc1nsnc1N1CCOCC1)c1ccccc1. The lowest BCUT2D eigenvalue weighted by Crippen LogP contribution is -2.36. The van der Waals surface area contributed by atoms with Crippen LogP contribution in [0.25, 0.3) is 0 Å². The van der Waals surface area contributed by atoms with Crippen LogP contribution < -0.4 is 20.8 Å².